The largest absolute Gasteiger partial charge is 0.489 e. The standard InChI is InChI=1S/C20H18Cl2N2O/c21-18-8-7-15(10-19(18)22)14-25-20-6-2-1-5-17(20)13-24-12-16-4-3-9-23-11-16/h1-11,24H,12-14H2. The van der Waals surface area contributed by atoms with Gasteiger partial charge in [-0.2, -0.15) is 0 Å². The summed E-state index contributed by atoms with van der Waals surface area (Å²) in [5, 5.41) is 4.50. The molecule has 3 rings (SSSR count). The van der Waals surface area contributed by atoms with Crippen molar-refractivity contribution >= 4 is 23.2 Å². The van der Waals surface area contributed by atoms with Crippen molar-refractivity contribution in [2.75, 3.05) is 0 Å². The van der Waals surface area contributed by atoms with Gasteiger partial charge in [0.15, 0.2) is 0 Å². The Labute approximate surface area is 157 Å². The molecule has 0 aliphatic rings. The third-order valence-electron chi connectivity index (χ3n) is 3.72. The van der Waals surface area contributed by atoms with Crippen molar-refractivity contribution in [3.05, 3.63) is 93.7 Å². The summed E-state index contributed by atoms with van der Waals surface area (Å²) in [5.41, 5.74) is 3.23. The molecule has 1 aromatic heterocycles. The first-order valence-electron chi connectivity index (χ1n) is 7.96. The molecule has 0 aliphatic heterocycles. The van der Waals surface area contributed by atoms with Gasteiger partial charge in [-0.15, -0.1) is 0 Å². The molecular formula is C20H18Cl2N2O. The van der Waals surface area contributed by atoms with Gasteiger partial charge in [0, 0.05) is 31.0 Å². The van der Waals surface area contributed by atoms with Crippen molar-refractivity contribution in [3.63, 3.8) is 0 Å². The van der Waals surface area contributed by atoms with Gasteiger partial charge in [0.1, 0.15) is 12.4 Å². The third kappa shape index (κ3) is 5.20. The SMILES string of the molecule is Clc1ccc(COc2ccccc2CNCc2cccnc2)cc1Cl. The second kappa shape index (κ2) is 8.86. The first-order valence-corrected chi connectivity index (χ1v) is 8.72. The van der Waals surface area contributed by atoms with Gasteiger partial charge >= 0.3 is 0 Å². The van der Waals surface area contributed by atoms with Gasteiger partial charge in [-0.25, -0.2) is 0 Å². The minimum absolute atomic E-state index is 0.441. The number of hydrogen-bond donors (Lipinski definition) is 1. The molecule has 0 amide bonds. The van der Waals surface area contributed by atoms with Gasteiger partial charge in [0.05, 0.1) is 10.0 Å². The predicted molar refractivity (Wildman–Crippen MR) is 102 cm³/mol. The van der Waals surface area contributed by atoms with Crippen molar-refractivity contribution < 1.29 is 4.74 Å². The lowest BCUT2D eigenvalue weighted by Crippen LogP contribution is -2.13. The fraction of sp³-hybridized carbons (Fsp3) is 0.150. The van der Waals surface area contributed by atoms with Crippen LogP contribution >= 0.6 is 23.2 Å². The Morgan fingerprint density at radius 2 is 1.76 bits per heavy atom. The third-order valence-corrected chi connectivity index (χ3v) is 4.46. The molecule has 0 saturated carbocycles. The van der Waals surface area contributed by atoms with E-state index in [1.54, 1.807) is 12.3 Å². The summed E-state index contributed by atoms with van der Waals surface area (Å²) in [6.07, 6.45) is 3.63. The van der Waals surface area contributed by atoms with Crippen LogP contribution in [0.4, 0.5) is 0 Å². The van der Waals surface area contributed by atoms with Crippen LogP contribution in [0.2, 0.25) is 10.0 Å². The smallest absolute Gasteiger partial charge is 0.124 e. The van der Waals surface area contributed by atoms with Crippen LogP contribution in [-0.4, -0.2) is 4.98 Å². The number of nitrogens with zero attached hydrogens (tertiary/aromatic N) is 1. The van der Waals surface area contributed by atoms with Crippen LogP contribution in [-0.2, 0) is 19.7 Å². The Balaban J connectivity index is 1.59. The molecule has 3 nitrogen and oxygen atoms in total. The van der Waals surface area contributed by atoms with Crippen LogP contribution in [0.1, 0.15) is 16.7 Å². The monoisotopic (exact) mass is 372 g/mol. The zero-order valence-corrected chi connectivity index (χ0v) is 15.1. The fourth-order valence-corrected chi connectivity index (χ4v) is 2.75. The van der Waals surface area contributed by atoms with Gasteiger partial charge in [0.2, 0.25) is 0 Å². The van der Waals surface area contributed by atoms with Crippen molar-refractivity contribution in [2.45, 2.75) is 19.7 Å². The molecular weight excluding hydrogens is 355 g/mol. The number of aromatic nitrogens is 1. The van der Waals surface area contributed by atoms with Crippen LogP contribution in [0.5, 0.6) is 5.75 Å². The lowest BCUT2D eigenvalue weighted by Gasteiger charge is -2.12. The molecule has 0 spiro atoms. The molecule has 0 aliphatic carbocycles. The molecule has 128 valence electrons. The van der Waals surface area contributed by atoms with E-state index < -0.39 is 0 Å². The number of pyridine rings is 1. The van der Waals surface area contributed by atoms with Crippen molar-refractivity contribution in [1.82, 2.24) is 10.3 Å². The summed E-state index contributed by atoms with van der Waals surface area (Å²) in [4.78, 5) is 4.12. The topological polar surface area (TPSA) is 34.1 Å². The minimum Gasteiger partial charge on any atom is -0.489 e. The molecule has 5 heteroatoms. The molecule has 0 unspecified atom stereocenters. The molecule has 2 aromatic carbocycles. The van der Waals surface area contributed by atoms with Gasteiger partial charge in [-0.1, -0.05) is 53.5 Å². The van der Waals surface area contributed by atoms with Crippen molar-refractivity contribution in [2.24, 2.45) is 0 Å². The zero-order chi connectivity index (χ0) is 17.5. The maximum Gasteiger partial charge on any atom is 0.124 e. The van der Waals surface area contributed by atoms with Crippen LogP contribution in [0.3, 0.4) is 0 Å². The highest BCUT2D eigenvalue weighted by Gasteiger charge is 2.05. The second-order valence-electron chi connectivity index (χ2n) is 5.61. The summed E-state index contributed by atoms with van der Waals surface area (Å²) in [6.45, 7) is 1.91. The van der Waals surface area contributed by atoms with Gasteiger partial charge in [-0.05, 0) is 35.4 Å². The van der Waals surface area contributed by atoms with E-state index in [1.165, 1.54) is 0 Å². The maximum absolute atomic E-state index is 6.05. The van der Waals surface area contributed by atoms with E-state index in [1.807, 2.05) is 48.7 Å². The molecule has 3 aromatic rings. The Kier molecular flexibility index (Phi) is 6.29. The van der Waals surface area contributed by atoms with Crippen LogP contribution < -0.4 is 10.1 Å². The molecule has 25 heavy (non-hydrogen) atoms. The van der Waals surface area contributed by atoms with Crippen LogP contribution in [0.15, 0.2) is 67.0 Å². The zero-order valence-electron chi connectivity index (χ0n) is 13.6. The summed E-state index contributed by atoms with van der Waals surface area (Å²) >= 11 is 12.0. The van der Waals surface area contributed by atoms with E-state index in [9.17, 15) is 0 Å². The number of benzene rings is 2. The molecule has 1 N–H and O–H groups in total. The van der Waals surface area contributed by atoms with E-state index in [-0.39, 0.29) is 0 Å². The first kappa shape index (κ1) is 17.7. The Morgan fingerprint density at radius 1 is 0.880 bits per heavy atom. The number of hydrogen-bond acceptors (Lipinski definition) is 3. The number of halogens is 2. The normalized spacial score (nSPS) is 10.6. The molecule has 0 fully saturated rings. The highest BCUT2D eigenvalue weighted by Crippen LogP contribution is 2.24. The second-order valence-corrected chi connectivity index (χ2v) is 6.42. The molecule has 0 bridgehead atoms. The number of nitrogens with one attached hydrogen (secondary N) is 1. The maximum atomic E-state index is 6.05. The summed E-state index contributed by atoms with van der Waals surface area (Å²) < 4.78 is 5.97. The van der Waals surface area contributed by atoms with Gasteiger partial charge < -0.3 is 10.1 Å². The lowest BCUT2D eigenvalue weighted by molar-refractivity contribution is 0.302. The highest BCUT2D eigenvalue weighted by molar-refractivity contribution is 6.42. The summed E-state index contributed by atoms with van der Waals surface area (Å²) in [5.74, 6) is 0.854. The molecule has 0 saturated heterocycles. The Hall–Kier alpha value is -2.07. The average molecular weight is 373 g/mol. The van der Waals surface area contributed by atoms with E-state index in [0.717, 1.165) is 29.0 Å². The van der Waals surface area contributed by atoms with Crippen molar-refractivity contribution in [3.8, 4) is 5.75 Å². The number of ether oxygens (including phenoxy) is 1. The van der Waals surface area contributed by atoms with E-state index in [2.05, 4.69) is 16.4 Å². The Bertz CT molecular complexity index is 825. The van der Waals surface area contributed by atoms with Crippen molar-refractivity contribution in [1.29, 1.82) is 0 Å². The number of rotatable bonds is 7. The first-order chi connectivity index (χ1) is 12.2. The van der Waals surface area contributed by atoms with E-state index in [4.69, 9.17) is 27.9 Å². The quantitative estimate of drug-likeness (QED) is 0.614. The summed E-state index contributed by atoms with van der Waals surface area (Å²) in [7, 11) is 0. The number of para-hydroxylation sites is 1. The fourth-order valence-electron chi connectivity index (χ4n) is 2.43. The lowest BCUT2D eigenvalue weighted by atomic mass is 10.2. The van der Waals surface area contributed by atoms with Crippen LogP contribution in [0.25, 0.3) is 0 Å². The van der Waals surface area contributed by atoms with E-state index >= 15 is 0 Å². The minimum atomic E-state index is 0.441. The molecule has 0 radical (unpaired) electrons. The predicted octanol–water partition coefficient (Wildman–Crippen LogP) is 5.26. The average Bonchev–Trinajstić information content (AvgIpc) is 2.64. The van der Waals surface area contributed by atoms with Gasteiger partial charge in [0.25, 0.3) is 0 Å². The van der Waals surface area contributed by atoms with Gasteiger partial charge in [-0.3, -0.25) is 4.98 Å². The highest BCUT2D eigenvalue weighted by atomic mass is 35.5. The molecule has 1 heterocycles. The van der Waals surface area contributed by atoms with E-state index in [0.29, 0.717) is 23.2 Å². The summed E-state index contributed by atoms with van der Waals surface area (Å²) in [6, 6.07) is 17.5. The molecule has 0 atom stereocenters. The van der Waals surface area contributed by atoms with Crippen LogP contribution in [0, 0.1) is 0 Å². The Morgan fingerprint density at radius 3 is 2.56 bits per heavy atom.